The quantitative estimate of drug-likeness (QED) is 0.684. The molecule has 0 fully saturated rings. The molecule has 6 heteroatoms. The van der Waals surface area contributed by atoms with Crippen molar-refractivity contribution in [3.63, 3.8) is 0 Å². The van der Waals surface area contributed by atoms with Crippen LogP contribution in [0.2, 0.25) is 0 Å². The second-order valence-corrected chi connectivity index (χ2v) is 4.77. The van der Waals surface area contributed by atoms with E-state index in [1.54, 1.807) is 18.3 Å². The van der Waals surface area contributed by atoms with Gasteiger partial charge in [0.25, 0.3) is 5.91 Å². The standard InChI is InChI=1S/C15H15N5O/c1-9(14-19-11-6-2-3-7-12(11)20-14)18-15(21)10-5-4-8-17-13(10)16/h2-9H,1H3,(H2,16,17)(H,18,21)(H,19,20). The number of carbonyl (C=O) groups is 1. The average Bonchev–Trinajstić information content (AvgIpc) is 2.91. The van der Waals surface area contributed by atoms with Gasteiger partial charge in [-0.3, -0.25) is 4.79 Å². The number of nitrogen functional groups attached to an aromatic ring is 1. The third-order valence-electron chi connectivity index (χ3n) is 3.25. The van der Waals surface area contributed by atoms with E-state index < -0.39 is 0 Å². The fourth-order valence-electron chi connectivity index (χ4n) is 2.13. The molecule has 4 N–H and O–H groups in total. The molecule has 0 aliphatic heterocycles. The number of nitrogens with one attached hydrogen (secondary N) is 2. The summed E-state index contributed by atoms with van der Waals surface area (Å²) >= 11 is 0. The molecule has 1 atom stereocenters. The summed E-state index contributed by atoms with van der Waals surface area (Å²) in [6, 6.07) is 10.8. The molecule has 1 unspecified atom stereocenters. The van der Waals surface area contributed by atoms with Crippen LogP contribution in [0, 0.1) is 0 Å². The van der Waals surface area contributed by atoms with Gasteiger partial charge in [-0.25, -0.2) is 9.97 Å². The Morgan fingerprint density at radius 1 is 1.29 bits per heavy atom. The number of hydrogen-bond acceptors (Lipinski definition) is 4. The van der Waals surface area contributed by atoms with Gasteiger partial charge in [-0.15, -0.1) is 0 Å². The molecule has 3 rings (SSSR count). The minimum atomic E-state index is -0.270. The zero-order valence-electron chi connectivity index (χ0n) is 11.5. The van der Waals surface area contributed by atoms with E-state index in [4.69, 9.17) is 5.73 Å². The van der Waals surface area contributed by atoms with E-state index in [0.717, 1.165) is 11.0 Å². The summed E-state index contributed by atoms with van der Waals surface area (Å²) in [5.41, 5.74) is 7.87. The van der Waals surface area contributed by atoms with E-state index in [-0.39, 0.29) is 17.8 Å². The normalized spacial score (nSPS) is 12.2. The largest absolute Gasteiger partial charge is 0.383 e. The Morgan fingerprint density at radius 3 is 2.86 bits per heavy atom. The number of imidazole rings is 1. The number of anilines is 1. The van der Waals surface area contributed by atoms with Gasteiger partial charge in [0.2, 0.25) is 0 Å². The van der Waals surface area contributed by atoms with Gasteiger partial charge >= 0.3 is 0 Å². The van der Waals surface area contributed by atoms with E-state index in [9.17, 15) is 4.79 Å². The van der Waals surface area contributed by atoms with E-state index in [1.165, 1.54) is 0 Å². The molecule has 2 heterocycles. The first-order valence-electron chi connectivity index (χ1n) is 6.61. The number of rotatable bonds is 3. The molecule has 21 heavy (non-hydrogen) atoms. The van der Waals surface area contributed by atoms with Crippen molar-refractivity contribution in [2.24, 2.45) is 0 Å². The van der Waals surface area contributed by atoms with Crippen molar-refractivity contribution in [1.82, 2.24) is 20.3 Å². The molecule has 0 spiro atoms. The third kappa shape index (κ3) is 2.55. The Kier molecular flexibility index (Phi) is 3.27. The van der Waals surface area contributed by atoms with Gasteiger partial charge in [0.15, 0.2) is 0 Å². The Balaban J connectivity index is 1.81. The number of fused-ring (bicyclic) bond motifs is 1. The van der Waals surface area contributed by atoms with Crippen LogP contribution in [0.15, 0.2) is 42.6 Å². The lowest BCUT2D eigenvalue weighted by molar-refractivity contribution is 0.0939. The predicted molar refractivity (Wildman–Crippen MR) is 80.6 cm³/mol. The SMILES string of the molecule is CC(NC(=O)c1cccnc1N)c1nc2ccccc2[nH]1. The molecule has 1 amide bonds. The Bertz CT molecular complexity index is 762. The fourth-order valence-corrected chi connectivity index (χ4v) is 2.13. The molecule has 6 nitrogen and oxygen atoms in total. The van der Waals surface area contributed by atoms with Crippen molar-refractivity contribution < 1.29 is 4.79 Å². The zero-order chi connectivity index (χ0) is 14.8. The van der Waals surface area contributed by atoms with Gasteiger partial charge in [0.1, 0.15) is 11.6 Å². The minimum absolute atomic E-state index is 0.215. The molecule has 0 bridgehead atoms. The summed E-state index contributed by atoms with van der Waals surface area (Å²) in [6.45, 7) is 1.86. The van der Waals surface area contributed by atoms with E-state index in [2.05, 4.69) is 20.3 Å². The Hall–Kier alpha value is -2.89. The monoisotopic (exact) mass is 281 g/mol. The van der Waals surface area contributed by atoms with Gasteiger partial charge in [0, 0.05) is 6.20 Å². The lowest BCUT2D eigenvalue weighted by atomic mass is 10.2. The molecule has 0 radical (unpaired) electrons. The van der Waals surface area contributed by atoms with Gasteiger partial charge in [-0.1, -0.05) is 12.1 Å². The summed E-state index contributed by atoms with van der Waals surface area (Å²) in [5.74, 6) is 0.646. The average molecular weight is 281 g/mol. The predicted octanol–water partition coefficient (Wildman–Crippen LogP) is 2.03. The van der Waals surface area contributed by atoms with Crippen LogP contribution in [-0.2, 0) is 0 Å². The van der Waals surface area contributed by atoms with Crippen LogP contribution in [0.25, 0.3) is 11.0 Å². The highest BCUT2D eigenvalue weighted by Crippen LogP contribution is 2.16. The van der Waals surface area contributed by atoms with Crippen LogP contribution >= 0.6 is 0 Å². The van der Waals surface area contributed by atoms with Crippen LogP contribution in [0.5, 0.6) is 0 Å². The van der Waals surface area contributed by atoms with Crippen LogP contribution in [0.3, 0.4) is 0 Å². The second kappa shape index (κ2) is 5.24. The summed E-state index contributed by atoms with van der Waals surface area (Å²) in [6.07, 6.45) is 1.55. The molecule has 106 valence electrons. The smallest absolute Gasteiger partial charge is 0.255 e. The van der Waals surface area contributed by atoms with E-state index in [1.807, 2.05) is 31.2 Å². The number of nitrogens with two attached hydrogens (primary N) is 1. The number of aromatic nitrogens is 3. The van der Waals surface area contributed by atoms with E-state index in [0.29, 0.717) is 11.4 Å². The maximum Gasteiger partial charge on any atom is 0.255 e. The highest BCUT2D eigenvalue weighted by Gasteiger charge is 2.16. The van der Waals surface area contributed by atoms with Crippen molar-refractivity contribution in [2.45, 2.75) is 13.0 Å². The van der Waals surface area contributed by atoms with Gasteiger partial charge in [0.05, 0.1) is 22.6 Å². The molecule has 0 saturated heterocycles. The number of hydrogen-bond donors (Lipinski definition) is 3. The second-order valence-electron chi connectivity index (χ2n) is 4.77. The summed E-state index contributed by atoms with van der Waals surface area (Å²) in [5, 5.41) is 2.86. The fraction of sp³-hybridized carbons (Fsp3) is 0.133. The molecular formula is C15H15N5O. The lowest BCUT2D eigenvalue weighted by Gasteiger charge is -2.12. The molecule has 2 aromatic heterocycles. The molecule has 0 aliphatic rings. The number of para-hydroxylation sites is 2. The van der Waals surface area contributed by atoms with Gasteiger partial charge in [-0.2, -0.15) is 0 Å². The highest BCUT2D eigenvalue weighted by molar-refractivity contribution is 5.98. The molecule has 3 aromatic rings. The van der Waals surface area contributed by atoms with Gasteiger partial charge < -0.3 is 16.0 Å². The molecular weight excluding hydrogens is 266 g/mol. The molecule has 0 saturated carbocycles. The minimum Gasteiger partial charge on any atom is -0.383 e. The van der Waals surface area contributed by atoms with Crippen molar-refractivity contribution in [3.8, 4) is 0 Å². The molecule has 1 aromatic carbocycles. The van der Waals surface area contributed by atoms with Crippen molar-refractivity contribution in [3.05, 3.63) is 54.0 Å². The number of H-pyrrole nitrogens is 1. The third-order valence-corrected chi connectivity index (χ3v) is 3.25. The zero-order valence-corrected chi connectivity index (χ0v) is 11.5. The summed E-state index contributed by atoms with van der Waals surface area (Å²) in [7, 11) is 0. The maximum absolute atomic E-state index is 12.2. The summed E-state index contributed by atoms with van der Waals surface area (Å²) in [4.78, 5) is 23.8. The van der Waals surface area contributed by atoms with Crippen LogP contribution in [0.4, 0.5) is 5.82 Å². The number of amides is 1. The Morgan fingerprint density at radius 2 is 2.10 bits per heavy atom. The lowest BCUT2D eigenvalue weighted by Crippen LogP contribution is -2.28. The number of nitrogens with zero attached hydrogens (tertiary/aromatic N) is 2. The van der Waals surface area contributed by atoms with Crippen molar-refractivity contribution in [2.75, 3.05) is 5.73 Å². The van der Waals surface area contributed by atoms with Crippen molar-refractivity contribution >= 4 is 22.8 Å². The Labute approximate surface area is 121 Å². The number of benzene rings is 1. The van der Waals surface area contributed by atoms with Crippen LogP contribution in [-0.4, -0.2) is 20.9 Å². The highest BCUT2D eigenvalue weighted by atomic mass is 16.1. The van der Waals surface area contributed by atoms with Gasteiger partial charge in [-0.05, 0) is 31.2 Å². The topological polar surface area (TPSA) is 96.7 Å². The molecule has 0 aliphatic carbocycles. The number of pyridine rings is 1. The number of aromatic amines is 1. The first kappa shape index (κ1) is 13.1. The first-order valence-corrected chi connectivity index (χ1v) is 6.61. The number of carbonyl (C=O) groups excluding carboxylic acids is 1. The maximum atomic E-state index is 12.2. The first-order chi connectivity index (χ1) is 10.1. The summed E-state index contributed by atoms with van der Waals surface area (Å²) < 4.78 is 0. The van der Waals surface area contributed by atoms with E-state index >= 15 is 0 Å². The van der Waals surface area contributed by atoms with Crippen LogP contribution in [0.1, 0.15) is 29.1 Å². The van der Waals surface area contributed by atoms with Crippen LogP contribution < -0.4 is 11.1 Å². The van der Waals surface area contributed by atoms with Crippen molar-refractivity contribution in [1.29, 1.82) is 0 Å².